The highest BCUT2D eigenvalue weighted by atomic mass is 79.9. The Morgan fingerprint density at radius 1 is 0.708 bits per heavy atom. The molecular weight excluding hydrogens is 476 g/mol. The summed E-state index contributed by atoms with van der Waals surface area (Å²) in [6.45, 7) is 0. The van der Waals surface area contributed by atoms with E-state index in [0.717, 1.165) is 51.4 Å². The van der Waals surface area contributed by atoms with Crippen molar-refractivity contribution in [3.05, 3.63) is 0 Å². The van der Waals surface area contributed by atoms with Gasteiger partial charge in [-0.3, -0.25) is 0 Å². The molecule has 1 N–H and O–H groups in total. The summed E-state index contributed by atoms with van der Waals surface area (Å²) in [7, 11) is -1.47. The zero-order chi connectivity index (χ0) is 17.8. The normalized spacial score (nSPS) is 34.8. The van der Waals surface area contributed by atoms with Crippen molar-refractivity contribution < 1.29 is 22.2 Å². The second-order valence-corrected chi connectivity index (χ2v) is 15.6. The second kappa shape index (κ2) is 9.41. The summed E-state index contributed by atoms with van der Waals surface area (Å²) in [5.41, 5.74) is 0.295. The molecule has 2 aliphatic carbocycles. The molecule has 0 radical (unpaired) electrons. The molecule has 2 rings (SSSR count). The number of halogens is 2. The third kappa shape index (κ3) is 4.92. The highest BCUT2D eigenvalue weighted by Crippen LogP contribution is 2.45. The minimum absolute atomic E-state index is 0.0704. The summed E-state index contributed by atoms with van der Waals surface area (Å²) in [6, 6.07) is 0. The summed E-state index contributed by atoms with van der Waals surface area (Å²) < 4.78 is 23.6. The third-order valence-electron chi connectivity index (χ3n) is 5.48. The SMILES string of the molecule is CO[Si](O)(O[Si](OC)(OC)C1CCC(Br)CC1)C1CCC(Br)CC1. The molecule has 0 amide bonds. The van der Waals surface area contributed by atoms with E-state index in [1.165, 1.54) is 0 Å². The van der Waals surface area contributed by atoms with E-state index in [1.807, 2.05) is 0 Å². The van der Waals surface area contributed by atoms with Gasteiger partial charge in [0.05, 0.1) is 0 Å². The molecule has 1 atom stereocenters. The lowest BCUT2D eigenvalue weighted by atomic mass is 10.00. The van der Waals surface area contributed by atoms with Crippen LogP contribution in [0.4, 0.5) is 0 Å². The van der Waals surface area contributed by atoms with Gasteiger partial charge in [0.1, 0.15) is 0 Å². The second-order valence-electron chi connectivity index (χ2n) is 6.85. The molecule has 9 heteroatoms. The molecule has 2 aliphatic rings. The highest BCUT2D eigenvalue weighted by molar-refractivity contribution is 9.09. The first-order valence-electron chi connectivity index (χ1n) is 8.75. The Kier molecular flexibility index (Phi) is 8.43. The standard InChI is InChI=1S/C15H30Br2O5Si2/c1-19-23(18,14-8-4-12(16)5-9-14)22-24(20-2,21-3)15-10-6-13(17)7-11-15/h12-15,18H,4-11H2,1-3H3. The van der Waals surface area contributed by atoms with Gasteiger partial charge in [-0.25, -0.2) is 0 Å². The van der Waals surface area contributed by atoms with Gasteiger partial charge >= 0.3 is 17.6 Å². The lowest BCUT2D eigenvalue weighted by molar-refractivity contribution is 0.0780. The maximum atomic E-state index is 11.3. The van der Waals surface area contributed by atoms with Crippen LogP contribution in [0, 0.1) is 0 Å². The Morgan fingerprint density at radius 2 is 1.12 bits per heavy atom. The zero-order valence-corrected chi connectivity index (χ0v) is 20.0. The summed E-state index contributed by atoms with van der Waals surface area (Å²) >= 11 is 7.36. The molecule has 2 fully saturated rings. The van der Waals surface area contributed by atoms with Crippen molar-refractivity contribution in [2.45, 2.75) is 72.1 Å². The van der Waals surface area contributed by atoms with E-state index in [2.05, 4.69) is 31.9 Å². The van der Waals surface area contributed by atoms with Crippen LogP contribution in [0.2, 0.25) is 11.1 Å². The zero-order valence-electron chi connectivity index (χ0n) is 14.8. The van der Waals surface area contributed by atoms with Crippen molar-refractivity contribution in [3.8, 4) is 0 Å². The van der Waals surface area contributed by atoms with E-state index < -0.39 is 17.6 Å². The third-order valence-corrected chi connectivity index (χ3v) is 14.5. The molecule has 24 heavy (non-hydrogen) atoms. The molecule has 2 saturated carbocycles. The molecular formula is C15H30Br2O5Si2. The lowest BCUT2D eigenvalue weighted by Gasteiger charge is -2.43. The van der Waals surface area contributed by atoms with Crippen molar-refractivity contribution in [2.75, 3.05) is 21.3 Å². The average Bonchev–Trinajstić information content (AvgIpc) is 2.61. The van der Waals surface area contributed by atoms with Crippen LogP contribution in [-0.2, 0) is 17.4 Å². The van der Waals surface area contributed by atoms with Crippen LogP contribution in [0.5, 0.6) is 0 Å². The van der Waals surface area contributed by atoms with Crippen LogP contribution in [0.1, 0.15) is 51.4 Å². The molecule has 0 spiro atoms. The molecule has 0 aliphatic heterocycles. The van der Waals surface area contributed by atoms with Gasteiger partial charge in [0.25, 0.3) is 0 Å². The molecule has 1 unspecified atom stereocenters. The Balaban J connectivity index is 2.14. The smallest absolute Gasteiger partial charge is 0.390 e. The first kappa shape index (κ1) is 21.5. The summed E-state index contributed by atoms with van der Waals surface area (Å²) in [6.07, 6.45) is 8.05. The van der Waals surface area contributed by atoms with Gasteiger partial charge in [-0.2, -0.15) is 0 Å². The maximum absolute atomic E-state index is 11.3. The van der Waals surface area contributed by atoms with Crippen molar-refractivity contribution in [3.63, 3.8) is 0 Å². The lowest BCUT2D eigenvalue weighted by Crippen LogP contribution is -2.61. The van der Waals surface area contributed by atoms with Gasteiger partial charge < -0.3 is 22.2 Å². The molecule has 0 saturated heterocycles. The summed E-state index contributed by atoms with van der Waals surface area (Å²) in [5.74, 6) is 0. The van der Waals surface area contributed by atoms with E-state index in [1.54, 1.807) is 21.3 Å². The molecule has 0 bridgehead atoms. The summed E-state index contributed by atoms with van der Waals surface area (Å²) in [4.78, 5) is 12.3. The van der Waals surface area contributed by atoms with Gasteiger partial charge in [0.2, 0.25) is 0 Å². The van der Waals surface area contributed by atoms with Crippen LogP contribution in [-0.4, -0.2) is 53.4 Å². The van der Waals surface area contributed by atoms with Gasteiger partial charge in [-0.15, -0.1) is 0 Å². The van der Waals surface area contributed by atoms with Crippen LogP contribution in [0.15, 0.2) is 0 Å². The number of hydrogen-bond donors (Lipinski definition) is 1. The van der Waals surface area contributed by atoms with E-state index in [4.69, 9.17) is 17.4 Å². The molecule has 0 aromatic carbocycles. The predicted molar refractivity (Wildman–Crippen MR) is 106 cm³/mol. The first-order chi connectivity index (χ1) is 11.4. The predicted octanol–water partition coefficient (Wildman–Crippen LogP) is 4.23. The van der Waals surface area contributed by atoms with Crippen molar-refractivity contribution in [2.24, 2.45) is 0 Å². The van der Waals surface area contributed by atoms with Crippen LogP contribution < -0.4 is 0 Å². The van der Waals surface area contributed by atoms with Crippen LogP contribution >= 0.6 is 31.9 Å². The minimum atomic E-state index is -3.35. The Morgan fingerprint density at radius 3 is 1.50 bits per heavy atom. The summed E-state index contributed by atoms with van der Waals surface area (Å²) in [5, 5.41) is 0. The molecule has 142 valence electrons. The fourth-order valence-electron chi connectivity index (χ4n) is 3.90. The average molecular weight is 506 g/mol. The van der Waals surface area contributed by atoms with E-state index >= 15 is 0 Å². The largest absolute Gasteiger partial charge is 0.496 e. The van der Waals surface area contributed by atoms with E-state index in [9.17, 15) is 4.80 Å². The van der Waals surface area contributed by atoms with Crippen molar-refractivity contribution in [1.29, 1.82) is 0 Å². The molecule has 0 aromatic heterocycles. The van der Waals surface area contributed by atoms with Crippen molar-refractivity contribution in [1.82, 2.24) is 0 Å². The minimum Gasteiger partial charge on any atom is -0.390 e. The fraction of sp³-hybridized carbons (Fsp3) is 1.00. The number of hydrogen-bond acceptors (Lipinski definition) is 5. The number of rotatable bonds is 7. The maximum Gasteiger partial charge on any atom is 0.496 e. The molecule has 0 aromatic rings. The highest BCUT2D eigenvalue weighted by Gasteiger charge is 2.58. The first-order valence-corrected chi connectivity index (χ1v) is 14.2. The fourth-order valence-corrected chi connectivity index (χ4v) is 12.2. The van der Waals surface area contributed by atoms with Gasteiger partial charge in [-0.1, -0.05) is 31.9 Å². The Bertz CT molecular complexity index is 386. The Labute approximate surface area is 164 Å². The van der Waals surface area contributed by atoms with Gasteiger partial charge in [0.15, 0.2) is 0 Å². The van der Waals surface area contributed by atoms with Gasteiger partial charge in [0, 0.05) is 42.1 Å². The number of alkyl halides is 2. The van der Waals surface area contributed by atoms with E-state index in [-0.39, 0.29) is 11.1 Å². The van der Waals surface area contributed by atoms with Gasteiger partial charge in [-0.05, 0) is 51.4 Å². The van der Waals surface area contributed by atoms with E-state index in [0.29, 0.717) is 9.65 Å². The quantitative estimate of drug-likeness (QED) is 0.414. The van der Waals surface area contributed by atoms with Crippen molar-refractivity contribution >= 4 is 49.5 Å². The molecule has 5 nitrogen and oxygen atoms in total. The monoisotopic (exact) mass is 504 g/mol. The molecule has 0 heterocycles. The van der Waals surface area contributed by atoms with Crippen LogP contribution in [0.25, 0.3) is 0 Å². The van der Waals surface area contributed by atoms with Crippen LogP contribution in [0.3, 0.4) is 0 Å². The topological polar surface area (TPSA) is 57.2 Å². The Hall–Kier alpha value is 1.19.